The van der Waals surface area contributed by atoms with Gasteiger partial charge in [0.1, 0.15) is 0 Å². The molecule has 0 bridgehead atoms. The summed E-state index contributed by atoms with van der Waals surface area (Å²) in [5, 5.41) is 5.35. The number of nitrogens with zero attached hydrogens (tertiary/aromatic N) is 1. The number of fused-ring (bicyclic) bond motifs is 5. The first kappa shape index (κ1) is 14.4. The Bertz CT molecular complexity index is 1130. The van der Waals surface area contributed by atoms with Crippen LogP contribution in [0.4, 0.5) is 0 Å². The van der Waals surface area contributed by atoms with E-state index in [2.05, 4.69) is 73.7 Å². The molecule has 120 valence electrons. The molecule has 0 saturated carbocycles. The zero-order chi connectivity index (χ0) is 16.8. The number of aromatic nitrogens is 1. The van der Waals surface area contributed by atoms with E-state index in [1.54, 1.807) is 0 Å². The van der Waals surface area contributed by atoms with Gasteiger partial charge in [0, 0.05) is 11.8 Å². The molecule has 1 aliphatic rings. The van der Waals surface area contributed by atoms with Crippen LogP contribution in [0.3, 0.4) is 0 Å². The molecule has 1 aliphatic carbocycles. The third-order valence-electron chi connectivity index (χ3n) is 5.35. The van der Waals surface area contributed by atoms with Crippen molar-refractivity contribution >= 4 is 27.1 Å². The van der Waals surface area contributed by atoms with Gasteiger partial charge in [-0.25, -0.2) is 0 Å². The van der Waals surface area contributed by atoms with Crippen LogP contribution in [0.1, 0.15) is 29.3 Å². The highest BCUT2D eigenvalue weighted by Crippen LogP contribution is 2.38. The minimum atomic E-state index is 0.984. The van der Waals surface area contributed by atoms with Crippen LogP contribution in [0, 0.1) is 0 Å². The molecule has 0 amide bonds. The lowest BCUT2D eigenvalue weighted by Crippen LogP contribution is -1.93. The zero-order valence-corrected chi connectivity index (χ0v) is 14.3. The fourth-order valence-corrected chi connectivity index (χ4v) is 3.97. The standard InChI is InChI=1S/C24H19N/c1-2-16-7-14-24(25-15-16)23-13-12-21-20-9-8-17-5-3-4-6-18(17)19(20)10-11-22(21)23/h3-11,13-15H,2,12H2,1H3. The summed E-state index contributed by atoms with van der Waals surface area (Å²) in [6.07, 6.45) is 6.34. The van der Waals surface area contributed by atoms with Crippen molar-refractivity contribution in [1.29, 1.82) is 0 Å². The summed E-state index contributed by atoms with van der Waals surface area (Å²) in [4.78, 5) is 4.69. The summed E-state index contributed by atoms with van der Waals surface area (Å²) in [5.41, 5.74) is 6.40. The molecule has 1 nitrogen and oxygen atoms in total. The first-order valence-electron chi connectivity index (χ1n) is 8.94. The van der Waals surface area contributed by atoms with E-state index in [4.69, 9.17) is 4.98 Å². The molecule has 1 aromatic heterocycles. The highest BCUT2D eigenvalue weighted by atomic mass is 14.7. The van der Waals surface area contributed by atoms with Crippen LogP contribution in [0.25, 0.3) is 27.1 Å². The van der Waals surface area contributed by atoms with Gasteiger partial charge in [-0.15, -0.1) is 0 Å². The van der Waals surface area contributed by atoms with Gasteiger partial charge in [-0.3, -0.25) is 4.98 Å². The van der Waals surface area contributed by atoms with Crippen molar-refractivity contribution in [2.24, 2.45) is 0 Å². The lowest BCUT2D eigenvalue weighted by Gasteiger charge is -2.11. The fraction of sp³-hybridized carbons (Fsp3) is 0.125. The first-order chi connectivity index (χ1) is 12.3. The topological polar surface area (TPSA) is 12.9 Å². The second-order valence-corrected chi connectivity index (χ2v) is 6.70. The number of pyridine rings is 1. The Labute approximate surface area is 147 Å². The van der Waals surface area contributed by atoms with E-state index in [0.29, 0.717) is 0 Å². The average molecular weight is 321 g/mol. The highest BCUT2D eigenvalue weighted by molar-refractivity contribution is 6.10. The smallest absolute Gasteiger partial charge is 0.0705 e. The summed E-state index contributed by atoms with van der Waals surface area (Å²) in [6, 6.07) is 22.0. The second-order valence-electron chi connectivity index (χ2n) is 6.70. The van der Waals surface area contributed by atoms with E-state index in [1.807, 2.05) is 6.20 Å². The molecule has 1 heterocycles. The number of hydrogen-bond donors (Lipinski definition) is 0. The Balaban J connectivity index is 1.68. The third kappa shape index (κ3) is 2.20. The van der Waals surface area contributed by atoms with Crippen molar-refractivity contribution in [3.05, 3.63) is 95.3 Å². The van der Waals surface area contributed by atoms with Gasteiger partial charge in [-0.1, -0.05) is 67.6 Å². The molecule has 5 rings (SSSR count). The number of rotatable bonds is 2. The summed E-state index contributed by atoms with van der Waals surface area (Å²) in [7, 11) is 0. The quantitative estimate of drug-likeness (QED) is 0.416. The Morgan fingerprint density at radius 1 is 0.840 bits per heavy atom. The zero-order valence-electron chi connectivity index (χ0n) is 14.3. The molecule has 25 heavy (non-hydrogen) atoms. The summed E-state index contributed by atoms with van der Waals surface area (Å²) < 4.78 is 0. The number of benzene rings is 3. The minimum absolute atomic E-state index is 0.984. The van der Waals surface area contributed by atoms with E-state index in [-0.39, 0.29) is 0 Å². The van der Waals surface area contributed by atoms with Gasteiger partial charge in [0.05, 0.1) is 5.69 Å². The molecule has 4 aromatic rings. The van der Waals surface area contributed by atoms with E-state index in [1.165, 1.54) is 43.8 Å². The van der Waals surface area contributed by atoms with Gasteiger partial charge >= 0.3 is 0 Å². The van der Waals surface area contributed by atoms with Gasteiger partial charge < -0.3 is 0 Å². The third-order valence-corrected chi connectivity index (χ3v) is 5.35. The summed E-state index contributed by atoms with van der Waals surface area (Å²) >= 11 is 0. The molecule has 0 aliphatic heterocycles. The molecule has 0 N–H and O–H groups in total. The Morgan fingerprint density at radius 2 is 1.72 bits per heavy atom. The fourth-order valence-electron chi connectivity index (χ4n) is 3.97. The molecule has 0 radical (unpaired) electrons. The Morgan fingerprint density at radius 3 is 2.56 bits per heavy atom. The maximum absolute atomic E-state index is 4.69. The van der Waals surface area contributed by atoms with E-state index in [0.717, 1.165) is 18.5 Å². The number of allylic oxidation sites excluding steroid dienone is 1. The van der Waals surface area contributed by atoms with Gasteiger partial charge in [0.25, 0.3) is 0 Å². The van der Waals surface area contributed by atoms with Crippen LogP contribution < -0.4 is 0 Å². The van der Waals surface area contributed by atoms with Crippen molar-refractivity contribution in [3.63, 3.8) is 0 Å². The minimum Gasteiger partial charge on any atom is -0.256 e. The SMILES string of the molecule is CCc1ccc(C2=CCc3c2ccc2c3ccc3ccccc32)nc1. The highest BCUT2D eigenvalue weighted by Gasteiger charge is 2.19. The van der Waals surface area contributed by atoms with Crippen LogP contribution in [0.2, 0.25) is 0 Å². The first-order valence-corrected chi connectivity index (χ1v) is 8.94. The van der Waals surface area contributed by atoms with Crippen LogP contribution in [0.5, 0.6) is 0 Å². The van der Waals surface area contributed by atoms with Crippen molar-refractivity contribution in [2.75, 3.05) is 0 Å². The maximum Gasteiger partial charge on any atom is 0.0705 e. The normalized spacial score (nSPS) is 13.2. The Kier molecular flexibility index (Phi) is 3.21. The lowest BCUT2D eigenvalue weighted by molar-refractivity contribution is 1.10. The van der Waals surface area contributed by atoms with E-state index < -0.39 is 0 Å². The molecule has 3 aromatic carbocycles. The van der Waals surface area contributed by atoms with E-state index >= 15 is 0 Å². The van der Waals surface area contributed by atoms with Crippen molar-refractivity contribution < 1.29 is 0 Å². The molecule has 1 heteroatoms. The van der Waals surface area contributed by atoms with Crippen LogP contribution in [-0.4, -0.2) is 4.98 Å². The Hall–Kier alpha value is -2.93. The molecular weight excluding hydrogens is 302 g/mol. The maximum atomic E-state index is 4.69. The molecule has 0 unspecified atom stereocenters. The van der Waals surface area contributed by atoms with Crippen molar-refractivity contribution in [1.82, 2.24) is 4.98 Å². The predicted octanol–water partition coefficient (Wildman–Crippen LogP) is 5.94. The molecular formula is C24H19N. The monoisotopic (exact) mass is 321 g/mol. The number of aryl methyl sites for hydroxylation is 1. The van der Waals surface area contributed by atoms with Crippen molar-refractivity contribution in [2.45, 2.75) is 19.8 Å². The van der Waals surface area contributed by atoms with Gasteiger partial charge in [-0.05, 0) is 57.1 Å². The molecule has 0 spiro atoms. The van der Waals surface area contributed by atoms with Crippen LogP contribution >= 0.6 is 0 Å². The van der Waals surface area contributed by atoms with Crippen molar-refractivity contribution in [3.8, 4) is 0 Å². The van der Waals surface area contributed by atoms with E-state index in [9.17, 15) is 0 Å². The summed E-state index contributed by atoms with van der Waals surface area (Å²) in [5.74, 6) is 0. The second kappa shape index (κ2) is 5.56. The molecule has 0 fully saturated rings. The lowest BCUT2D eigenvalue weighted by atomic mass is 9.94. The van der Waals surface area contributed by atoms with Crippen LogP contribution in [0.15, 0.2) is 72.9 Å². The number of hydrogen-bond acceptors (Lipinski definition) is 1. The average Bonchev–Trinajstić information content (AvgIpc) is 3.12. The van der Waals surface area contributed by atoms with Gasteiger partial charge in [0.2, 0.25) is 0 Å². The predicted molar refractivity (Wildman–Crippen MR) is 106 cm³/mol. The summed E-state index contributed by atoms with van der Waals surface area (Å²) in [6.45, 7) is 2.16. The van der Waals surface area contributed by atoms with Crippen LogP contribution in [-0.2, 0) is 12.8 Å². The molecule has 0 atom stereocenters. The van der Waals surface area contributed by atoms with Gasteiger partial charge in [0.15, 0.2) is 0 Å². The molecule has 0 saturated heterocycles. The largest absolute Gasteiger partial charge is 0.256 e. The van der Waals surface area contributed by atoms with Gasteiger partial charge in [-0.2, -0.15) is 0 Å².